The lowest BCUT2D eigenvalue weighted by Gasteiger charge is -2.10. The van der Waals surface area contributed by atoms with Crippen LogP contribution in [0.15, 0.2) is 53.3 Å². The molecule has 3 rings (SSSR count). The summed E-state index contributed by atoms with van der Waals surface area (Å²) in [5.41, 5.74) is 1.14. The molecule has 132 valence electrons. The number of carbonyl (C=O) groups is 1. The van der Waals surface area contributed by atoms with Crippen LogP contribution in [0.25, 0.3) is 23.1 Å². The van der Waals surface area contributed by atoms with Gasteiger partial charge in [0.1, 0.15) is 11.6 Å². The van der Waals surface area contributed by atoms with Crippen LogP contribution in [-0.2, 0) is 11.3 Å². The zero-order chi connectivity index (χ0) is 18.5. The number of aliphatic carboxylic acids is 1. The first-order chi connectivity index (χ1) is 12.5. The summed E-state index contributed by atoms with van der Waals surface area (Å²) in [6, 6.07) is 13.0. The van der Waals surface area contributed by atoms with Crippen molar-refractivity contribution in [1.29, 1.82) is 0 Å². The second-order valence-corrected chi connectivity index (χ2v) is 5.83. The van der Waals surface area contributed by atoms with E-state index in [0.717, 1.165) is 5.56 Å². The fourth-order valence-electron chi connectivity index (χ4n) is 2.66. The maximum absolute atomic E-state index is 13.0. The Morgan fingerprint density at radius 1 is 1.12 bits per heavy atom. The van der Waals surface area contributed by atoms with Gasteiger partial charge < -0.3 is 5.11 Å². The van der Waals surface area contributed by atoms with E-state index < -0.39 is 5.97 Å². The number of hydrogen-bond donors (Lipinski definition) is 1. The third-order valence-electron chi connectivity index (χ3n) is 3.96. The topological polar surface area (TPSA) is 72.2 Å². The van der Waals surface area contributed by atoms with Gasteiger partial charge in [-0.25, -0.2) is 9.37 Å². The van der Waals surface area contributed by atoms with Crippen molar-refractivity contribution >= 4 is 29.0 Å². The lowest BCUT2D eigenvalue weighted by atomic mass is 10.2. The van der Waals surface area contributed by atoms with Gasteiger partial charge in [-0.05, 0) is 42.3 Å². The Balaban J connectivity index is 2.01. The van der Waals surface area contributed by atoms with Gasteiger partial charge in [-0.3, -0.25) is 14.2 Å². The molecule has 5 nitrogen and oxygen atoms in total. The van der Waals surface area contributed by atoms with Gasteiger partial charge in [0.05, 0.1) is 10.9 Å². The molecule has 0 bridgehead atoms. The number of aromatic nitrogens is 2. The standard InChI is InChI=1S/C20H17FN2O3/c21-15-10-7-14(8-11-15)9-12-18-22-17-5-2-1-4-16(17)20(26)23(18)13-3-6-19(24)25/h1-2,4-5,7-12H,3,6,13H2,(H,24,25)/b12-9+. The number of carboxylic acids is 1. The highest BCUT2D eigenvalue weighted by Gasteiger charge is 2.09. The molecule has 1 N–H and O–H groups in total. The first-order valence-electron chi connectivity index (χ1n) is 8.19. The summed E-state index contributed by atoms with van der Waals surface area (Å²) < 4.78 is 14.5. The van der Waals surface area contributed by atoms with E-state index in [2.05, 4.69) is 4.98 Å². The molecule has 26 heavy (non-hydrogen) atoms. The van der Waals surface area contributed by atoms with Crippen LogP contribution < -0.4 is 5.56 Å². The monoisotopic (exact) mass is 352 g/mol. The number of hydrogen-bond acceptors (Lipinski definition) is 3. The molecule has 0 spiro atoms. The Morgan fingerprint density at radius 3 is 2.58 bits per heavy atom. The van der Waals surface area contributed by atoms with Gasteiger partial charge in [-0.1, -0.05) is 30.3 Å². The number of halogens is 1. The molecule has 0 aliphatic rings. The van der Waals surface area contributed by atoms with Crippen LogP contribution >= 0.6 is 0 Å². The van der Waals surface area contributed by atoms with Gasteiger partial charge in [0.25, 0.3) is 5.56 Å². The van der Waals surface area contributed by atoms with E-state index in [0.29, 0.717) is 23.1 Å². The van der Waals surface area contributed by atoms with E-state index in [1.54, 1.807) is 48.6 Å². The highest BCUT2D eigenvalue weighted by Crippen LogP contribution is 2.12. The number of nitrogens with zero attached hydrogens (tertiary/aromatic N) is 2. The van der Waals surface area contributed by atoms with Gasteiger partial charge in [0, 0.05) is 13.0 Å². The van der Waals surface area contributed by atoms with Gasteiger partial charge in [-0.2, -0.15) is 0 Å². The lowest BCUT2D eigenvalue weighted by molar-refractivity contribution is -0.137. The van der Waals surface area contributed by atoms with Gasteiger partial charge in [0.2, 0.25) is 0 Å². The molecule has 1 aromatic heterocycles. The van der Waals surface area contributed by atoms with Crippen LogP contribution in [0.2, 0.25) is 0 Å². The number of benzene rings is 2. The quantitative estimate of drug-likeness (QED) is 0.736. The minimum absolute atomic E-state index is 0.0274. The average Bonchev–Trinajstić information content (AvgIpc) is 2.63. The zero-order valence-electron chi connectivity index (χ0n) is 13.9. The third kappa shape index (κ3) is 4.03. The van der Waals surface area contributed by atoms with Crippen LogP contribution in [0.5, 0.6) is 0 Å². The molecule has 6 heteroatoms. The summed E-state index contributed by atoms with van der Waals surface area (Å²) in [5.74, 6) is -0.796. The van der Waals surface area contributed by atoms with E-state index in [4.69, 9.17) is 5.11 Å². The summed E-state index contributed by atoms with van der Waals surface area (Å²) in [5, 5.41) is 9.32. The summed E-state index contributed by atoms with van der Waals surface area (Å²) in [7, 11) is 0. The summed E-state index contributed by atoms with van der Waals surface area (Å²) in [6.07, 6.45) is 3.72. The second-order valence-electron chi connectivity index (χ2n) is 5.83. The number of rotatable bonds is 6. The predicted molar refractivity (Wildman–Crippen MR) is 98.2 cm³/mol. The molecular weight excluding hydrogens is 335 g/mol. The SMILES string of the molecule is O=C(O)CCCn1c(/C=C/c2ccc(F)cc2)nc2ccccc2c1=O. The van der Waals surface area contributed by atoms with E-state index in [9.17, 15) is 14.0 Å². The van der Waals surface area contributed by atoms with Crippen molar-refractivity contribution in [3.8, 4) is 0 Å². The molecule has 0 amide bonds. The van der Waals surface area contributed by atoms with E-state index in [1.165, 1.54) is 16.7 Å². The molecule has 0 saturated heterocycles. The molecule has 3 aromatic rings. The largest absolute Gasteiger partial charge is 0.481 e. The van der Waals surface area contributed by atoms with Crippen molar-refractivity contribution in [3.63, 3.8) is 0 Å². The predicted octanol–water partition coefficient (Wildman–Crippen LogP) is 3.57. The highest BCUT2D eigenvalue weighted by molar-refractivity contribution is 5.79. The van der Waals surface area contributed by atoms with Crippen LogP contribution in [0.3, 0.4) is 0 Å². The summed E-state index contributed by atoms with van der Waals surface area (Å²) in [4.78, 5) is 28.1. The summed E-state index contributed by atoms with van der Waals surface area (Å²) in [6.45, 7) is 0.256. The lowest BCUT2D eigenvalue weighted by Crippen LogP contribution is -2.24. The molecule has 0 aliphatic carbocycles. The molecule has 0 aliphatic heterocycles. The van der Waals surface area contributed by atoms with E-state index in [1.807, 2.05) is 0 Å². The molecule has 1 heterocycles. The Morgan fingerprint density at radius 2 is 1.85 bits per heavy atom. The molecule has 0 fully saturated rings. The molecule has 0 radical (unpaired) electrons. The zero-order valence-corrected chi connectivity index (χ0v) is 13.9. The van der Waals surface area contributed by atoms with Crippen molar-refractivity contribution in [1.82, 2.24) is 9.55 Å². The Hall–Kier alpha value is -3.28. The molecule has 2 aromatic carbocycles. The number of para-hydroxylation sites is 1. The van der Waals surface area contributed by atoms with Crippen LogP contribution in [0.4, 0.5) is 4.39 Å². The average molecular weight is 352 g/mol. The van der Waals surface area contributed by atoms with Crippen LogP contribution in [0, 0.1) is 5.82 Å². The molecular formula is C20H17FN2O3. The van der Waals surface area contributed by atoms with Crippen molar-refractivity contribution in [2.45, 2.75) is 19.4 Å². The van der Waals surface area contributed by atoms with Crippen molar-refractivity contribution in [2.75, 3.05) is 0 Å². The molecule has 0 unspecified atom stereocenters. The Labute approximate surface area is 149 Å². The highest BCUT2D eigenvalue weighted by atomic mass is 19.1. The van der Waals surface area contributed by atoms with Crippen LogP contribution in [0.1, 0.15) is 24.2 Å². The maximum Gasteiger partial charge on any atom is 0.303 e. The van der Waals surface area contributed by atoms with E-state index in [-0.39, 0.29) is 24.3 Å². The second kappa shape index (κ2) is 7.74. The van der Waals surface area contributed by atoms with Crippen molar-refractivity contribution in [2.24, 2.45) is 0 Å². The fourth-order valence-corrected chi connectivity index (χ4v) is 2.66. The van der Waals surface area contributed by atoms with Gasteiger partial charge in [-0.15, -0.1) is 0 Å². The molecule has 0 atom stereocenters. The third-order valence-corrected chi connectivity index (χ3v) is 3.96. The van der Waals surface area contributed by atoms with Crippen molar-refractivity contribution in [3.05, 3.63) is 76.1 Å². The Bertz CT molecular complexity index is 1020. The first-order valence-corrected chi connectivity index (χ1v) is 8.19. The maximum atomic E-state index is 13.0. The van der Waals surface area contributed by atoms with Gasteiger partial charge in [0.15, 0.2) is 0 Å². The van der Waals surface area contributed by atoms with Gasteiger partial charge >= 0.3 is 5.97 Å². The van der Waals surface area contributed by atoms with E-state index >= 15 is 0 Å². The normalized spacial score (nSPS) is 11.3. The van der Waals surface area contributed by atoms with Crippen molar-refractivity contribution < 1.29 is 14.3 Å². The smallest absolute Gasteiger partial charge is 0.303 e. The van der Waals surface area contributed by atoms with Crippen LogP contribution in [-0.4, -0.2) is 20.6 Å². The molecule has 0 saturated carbocycles. The minimum atomic E-state index is -0.907. The first kappa shape index (κ1) is 17.5. The summed E-state index contributed by atoms with van der Waals surface area (Å²) >= 11 is 0. The number of carboxylic acid groups (broad SMARTS) is 1. The minimum Gasteiger partial charge on any atom is -0.481 e. The number of fused-ring (bicyclic) bond motifs is 1. The Kier molecular flexibility index (Phi) is 5.22. The fraction of sp³-hybridized carbons (Fsp3) is 0.150.